The molecule has 10 fully saturated rings. The third-order valence-corrected chi connectivity index (χ3v) is 43.0. The van der Waals surface area contributed by atoms with E-state index in [1.54, 1.807) is 44.6 Å². The lowest BCUT2D eigenvalue weighted by molar-refractivity contribution is -0.165. The second kappa shape index (κ2) is 38.1. The van der Waals surface area contributed by atoms with Gasteiger partial charge in [0.1, 0.15) is 0 Å². The molecule has 6 N–H and O–H groups in total. The lowest BCUT2D eigenvalue weighted by Gasteiger charge is -2.59. The van der Waals surface area contributed by atoms with Crippen molar-refractivity contribution in [3.63, 3.8) is 0 Å². The molecule has 0 aromatic carbocycles. The second-order valence-corrected chi connectivity index (χ2v) is 51.5. The van der Waals surface area contributed by atoms with Gasteiger partial charge in [-0.3, -0.25) is 28.8 Å². The molecule has 18 aliphatic rings. The van der Waals surface area contributed by atoms with Crippen LogP contribution in [-0.2, 0) is 28.8 Å². The Hall–Kier alpha value is -6.30. The summed E-state index contributed by atoms with van der Waals surface area (Å²) in [6.45, 7) is 57.0. The van der Waals surface area contributed by atoms with Crippen LogP contribution in [0, 0.1) is 159 Å². The SMILES string of the molecule is C=CC1(C)C=C2CCC3C(C)(C(=O)O)CCCC3(C)C2CC1.C=CC1(C)CCC2C(=CCC3C(C)(C(=O)O)CCCC23C)C1.CC(C)=C1C=C2CCC3C(C)(C(=O)O)CCCC3(C)C2CC1.CC(C)C1=CC2=C(CC1)C1(C)CCCC(C)(C(=O)O)C1CC2.CC(C)C1=CC2=CCC3C(C)(C(=O)O)CCCC3(C)C2CC1.CC(C)C1=CCC2C(=C1)CCC1C(C)(C(=O)O)CCCC21C. The lowest BCUT2D eigenvalue weighted by Crippen LogP contribution is -2.54. The summed E-state index contributed by atoms with van der Waals surface area (Å²) in [4.78, 5) is 71.7. The summed E-state index contributed by atoms with van der Waals surface area (Å²) in [7, 11) is 0. The van der Waals surface area contributed by atoms with Crippen LogP contribution in [0.5, 0.6) is 0 Å². The summed E-state index contributed by atoms with van der Waals surface area (Å²) in [5.74, 6) is 3.11. The number of hydrogen-bond acceptors (Lipinski definition) is 6. The number of fused-ring (bicyclic) bond motifs is 17. The van der Waals surface area contributed by atoms with Crippen LogP contribution in [0.25, 0.3) is 0 Å². The number of hydrogen-bond donors (Lipinski definition) is 6. The van der Waals surface area contributed by atoms with Crippen molar-refractivity contribution >= 4 is 35.8 Å². The summed E-state index contributed by atoms with van der Waals surface area (Å²) in [6.07, 6.45) is 66.6. The van der Waals surface area contributed by atoms with E-state index in [4.69, 9.17) is 0 Å². The Labute approximate surface area is 799 Å². The maximum Gasteiger partial charge on any atom is 0.309 e. The van der Waals surface area contributed by atoms with E-state index in [9.17, 15) is 59.4 Å². The second-order valence-electron chi connectivity index (χ2n) is 51.5. The molecule has 10 saturated carbocycles. The van der Waals surface area contributed by atoms with Gasteiger partial charge < -0.3 is 30.6 Å². The molecule has 12 heteroatoms. The maximum atomic E-state index is 12.0. The third kappa shape index (κ3) is 18.2. The fourth-order valence-corrected chi connectivity index (χ4v) is 34.5. The van der Waals surface area contributed by atoms with Gasteiger partial charge in [0.2, 0.25) is 0 Å². The van der Waals surface area contributed by atoms with Gasteiger partial charge in [0.25, 0.3) is 0 Å². The fourth-order valence-electron chi connectivity index (χ4n) is 34.5. The van der Waals surface area contributed by atoms with Crippen LogP contribution in [0.2, 0.25) is 0 Å². The molecule has 12 nitrogen and oxygen atoms in total. The van der Waals surface area contributed by atoms with Crippen LogP contribution in [0.4, 0.5) is 0 Å². The van der Waals surface area contributed by atoms with Gasteiger partial charge in [-0.05, 0) is 417 Å². The number of allylic oxidation sites excluding steroid dienone is 22. The molecule has 0 spiro atoms. The first-order valence-corrected chi connectivity index (χ1v) is 53.3. The van der Waals surface area contributed by atoms with E-state index in [0.717, 1.165) is 167 Å². The molecule has 0 heterocycles. The van der Waals surface area contributed by atoms with Crippen molar-refractivity contribution in [3.8, 4) is 0 Å². The first kappa shape index (κ1) is 103. The van der Waals surface area contributed by atoms with Crippen molar-refractivity contribution in [1.82, 2.24) is 0 Å². The van der Waals surface area contributed by atoms with Crippen LogP contribution in [-0.4, -0.2) is 66.5 Å². The minimum absolute atomic E-state index is 0.109. The molecule has 0 radical (unpaired) electrons. The van der Waals surface area contributed by atoms with Gasteiger partial charge in [-0.1, -0.05) is 241 Å². The van der Waals surface area contributed by atoms with Gasteiger partial charge in [-0.25, -0.2) is 0 Å². The average molecular weight is 1810 g/mol. The lowest BCUT2D eigenvalue weighted by atomic mass is 9.45. The Kier molecular flexibility index (Phi) is 29.8. The molecule has 0 amide bonds. The van der Waals surface area contributed by atoms with Gasteiger partial charge in [0.05, 0.1) is 32.5 Å². The Balaban J connectivity index is 0.000000135. The molecule has 132 heavy (non-hydrogen) atoms. The molecule has 0 aromatic rings. The Morgan fingerprint density at radius 3 is 1.20 bits per heavy atom. The van der Waals surface area contributed by atoms with E-state index < -0.39 is 68.3 Å². The van der Waals surface area contributed by atoms with E-state index in [0.29, 0.717) is 71.0 Å². The topological polar surface area (TPSA) is 224 Å². The minimum Gasteiger partial charge on any atom is -0.481 e. The maximum absolute atomic E-state index is 12.0. The Bertz CT molecular complexity index is 4750. The molecule has 0 aliphatic heterocycles. The van der Waals surface area contributed by atoms with Crippen LogP contribution in [0.15, 0.2) is 141 Å². The molecule has 0 aromatic heterocycles. The molecular formula is C120H180O12. The first-order chi connectivity index (χ1) is 61.7. The van der Waals surface area contributed by atoms with Crippen molar-refractivity contribution in [1.29, 1.82) is 0 Å². The van der Waals surface area contributed by atoms with Crippen molar-refractivity contribution in [2.75, 3.05) is 0 Å². The minimum atomic E-state index is -0.591. The van der Waals surface area contributed by atoms with Crippen molar-refractivity contribution in [2.24, 2.45) is 159 Å². The van der Waals surface area contributed by atoms with E-state index in [2.05, 4.69) is 185 Å². The number of aliphatic carboxylic acids is 6. The molecule has 18 aliphatic carbocycles. The summed E-state index contributed by atoms with van der Waals surface area (Å²) >= 11 is 0. The predicted molar refractivity (Wildman–Crippen MR) is 537 cm³/mol. The van der Waals surface area contributed by atoms with Crippen molar-refractivity contribution < 1.29 is 59.4 Å². The number of carbonyl (C=O) groups is 6. The molecule has 0 saturated heterocycles. The molecule has 25 atom stereocenters. The van der Waals surface area contributed by atoms with Crippen molar-refractivity contribution in [3.05, 3.63) is 141 Å². The van der Waals surface area contributed by atoms with E-state index in [1.807, 2.05) is 41.5 Å². The molecule has 0 bridgehead atoms. The highest BCUT2D eigenvalue weighted by Gasteiger charge is 2.65. The normalized spacial score (nSPS) is 43.0. The zero-order valence-electron chi connectivity index (χ0n) is 86.7. The molecule has 732 valence electrons. The van der Waals surface area contributed by atoms with E-state index >= 15 is 0 Å². The quantitative estimate of drug-likeness (QED) is 0.106. The molecule has 18 rings (SSSR count). The van der Waals surface area contributed by atoms with Crippen LogP contribution >= 0.6 is 0 Å². The van der Waals surface area contributed by atoms with Crippen LogP contribution in [0.1, 0.15) is 409 Å². The highest BCUT2D eigenvalue weighted by atomic mass is 16.4. The highest BCUT2D eigenvalue weighted by molar-refractivity contribution is 5.78. The van der Waals surface area contributed by atoms with Crippen LogP contribution in [0.3, 0.4) is 0 Å². The highest BCUT2D eigenvalue weighted by Crippen LogP contribution is 2.71. The first-order valence-electron chi connectivity index (χ1n) is 53.3. The standard InChI is InChI=1S/6C20H30O2/c4*1-13(2)14-6-8-16-15(12-14)7-9-17-19(16,3)10-5-11-20(17,4)18(21)22;2*1-5-18(2)12-9-15-14(13-18)7-8-16-19(15,3)10-6-11-20(16,4)17(21)22/h12,16-17H,5-11H2,1-4H3,(H,21,22);12-13,17H,5-11H2,1-4H3,(H,21,22);7,12-13,16-17H,5-6,8-11H2,1-4H3,(H,21,22);6,12-13,16-17H,5,7-11H2,1-4H3,(H,21,22);5,13,15-16H,1,6-12H2,2-4H3,(H,21,22);5,7,15-16H,1,6,8-13H2,2-4H3,(H,21,22). The number of carboxylic acids is 6. The van der Waals surface area contributed by atoms with Gasteiger partial charge in [-0.15, -0.1) is 13.2 Å². The third-order valence-electron chi connectivity index (χ3n) is 43.0. The largest absolute Gasteiger partial charge is 0.481 e. The van der Waals surface area contributed by atoms with Crippen molar-refractivity contribution in [2.45, 2.75) is 409 Å². The monoisotopic (exact) mass is 1810 g/mol. The van der Waals surface area contributed by atoms with E-state index in [1.165, 1.54) is 112 Å². The van der Waals surface area contributed by atoms with E-state index in [-0.39, 0.29) is 55.2 Å². The summed E-state index contributed by atoms with van der Waals surface area (Å²) in [5.41, 5.74) is 16.7. The number of rotatable bonds is 11. The summed E-state index contributed by atoms with van der Waals surface area (Å²) in [5, 5.41) is 59.0. The Morgan fingerprint density at radius 2 is 0.735 bits per heavy atom. The van der Waals surface area contributed by atoms with Gasteiger partial charge in [-0.2, -0.15) is 0 Å². The summed E-state index contributed by atoms with van der Waals surface area (Å²) in [6, 6.07) is 0. The number of carboxylic acid groups (broad SMARTS) is 6. The van der Waals surface area contributed by atoms with Gasteiger partial charge in [0.15, 0.2) is 0 Å². The molecule has 25 unspecified atom stereocenters. The zero-order valence-corrected chi connectivity index (χ0v) is 86.7. The predicted octanol–water partition coefficient (Wildman–Crippen LogP) is 31.5. The zero-order chi connectivity index (χ0) is 96.8. The Morgan fingerprint density at radius 1 is 0.341 bits per heavy atom. The molecular weight excluding hydrogens is 1630 g/mol. The van der Waals surface area contributed by atoms with Gasteiger partial charge in [0, 0.05) is 5.41 Å². The average Bonchev–Trinajstić information content (AvgIpc) is 0.747. The summed E-state index contributed by atoms with van der Waals surface area (Å²) < 4.78 is 0. The fraction of sp³-hybridized carbons (Fsp3) is 0.750. The van der Waals surface area contributed by atoms with Crippen LogP contribution < -0.4 is 0 Å². The van der Waals surface area contributed by atoms with Gasteiger partial charge >= 0.3 is 35.8 Å². The smallest absolute Gasteiger partial charge is 0.309 e.